The summed E-state index contributed by atoms with van der Waals surface area (Å²) in [6, 6.07) is 9.85. The van der Waals surface area contributed by atoms with Gasteiger partial charge in [-0.05, 0) is 48.9 Å². The standard InChI is InChI=1S/C20H23ClN4O2/c1-13(26)19-6-7-25(22-19)20(27)24-11-14-8-18(9-15(14)12-24)23(2)17-5-3-4-16(21)10-17/h3-7,10,14-15,18H,8-9,11-12H2,1-2H3/t14-,15+,18?. The van der Waals surface area contributed by atoms with Gasteiger partial charge in [-0.1, -0.05) is 17.7 Å². The van der Waals surface area contributed by atoms with E-state index < -0.39 is 0 Å². The lowest BCUT2D eigenvalue weighted by Gasteiger charge is -2.28. The Morgan fingerprint density at radius 1 is 1.19 bits per heavy atom. The number of benzene rings is 1. The molecular formula is C20H23ClN4O2. The predicted octanol–water partition coefficient (Wildman–Crippen LogP) is 3.55. The summed E-state index contributed by atoms with van der Waals surface area (Å²) in [6.45, 7) is 2.95. The van der Waals surface area contributed by atoms with Crippen LogP contribution in [-0.2, 0) is 0 Å². The highest BCUT2D eigenvalue weighted by atomic mass is 35.5. The minimum Gasteiger partial charge on any atom is -0.372 e. The van der Waals surface area contributed by atoms with Crippen molar-refractivity contribution in [2.24, 2.45) is 11.8 Å². The van der Waals surface area contributed by atoms with Gasteiger partial charge in [0.15, 0.2) is 5.78 Å². The van der Waals surface area contributed by atoms with Crippen molar-refractivity contribution in [1.82, 2.24) is 14.7 Å². The summed E-state index contributed by atoms with van der Waals surface area (Å²) in [5.41, 5.74) is 1.46. The van der Waals surface area contributed by atoms with Crippen LogP contribution in [0.15, 0.2) is 36.5 Å². The number of likely N-dealkylation sites (tertiary alicyclic amines) is 1. The van der Waals surface area contributed by atoms with Gasteiger partial charge in [-0.3, -0.25) is 4.79 Å². The highest BCUT2D eigenvalue weighted by molar-refractivity contribution is 6.30. The molecular weight excluding hydrogens is 364 g/mol. The molecule has 2 aliphatic rings. The molecule has 1 unspecified atom stereocenters. The first-order valence-electron chi connectivity index (χ1n) is 9.26. The van der Waals surface area contributed by atoms with Crippen LogP contribution in [0.5, 0.6) is 0 Å². The summed E-state index contributed by atoms with van der Waals surface area (Å²) < 4.78 is 1.29. The number of hydrogen-bond acceptors (Lipinski definition) is 4. The van der Waals surface area contributed by atoms with E-state index in [1.807, 2.05) is 23.1 Å². The molecule has 1 aromatic heterocycles. The summed E-state index contributed by atoms with van der Waals surface area (Å²) in [6.07, 6.45) is 3.70. The number of Topliss-reactive ketones (excluding diaryl/α,β-unsaturated/α-hetero) is 1. The summed E-state index contributed by atoms with van der Waals surface area (Å²) in [4.78, 5) is 28.2. The predicted molar refractivity (Wildman–Crippen MR) is 104 cm³/mol. The van der Waals surface area contributed by atoms with Gasteiger partial charge in [0, 0.05) is 50.0 Å². The number of nitrogens with zero attached hydrogens (tertiary/aromatic N) is 4. The van der Waals surface area contributed by atoms with Gasteiger partial charge < -0.3 is 9.80 Å². The first-order chi connectivity index (χ1) is 12.9. The smallest absolute Gasteiger partial charge is 0.344 e. The van der Waals surface area contributed by atoms with Crippen molar-refractivity contribution < 1.29 is 9.59 Å². The Morgan fingerprint density at radius 3 is 2.48 bits per heavy atom. The molecule has 27 heavy (non-hydrogen) atoms. The van der Waals surface area contributed by atoms with E-state index in [4.69, 9.17) is 11.6 Å². The summed E-state index contributed by atoms with van der Waals surface area (Å²) in [5, 5.41) is 4.84. The minimum absolute atomic E-state index is 0.133. The molecule has 1 amide bonds. The van der Waals surface area contributed by atoms with Gasteiger partial charge in [-0.25, -0.2) is 4.79 Å². The van der Waals surface area contributed by atoms with Gasteiger partial charge in [0.1, 0.15) is 5.69 Å². The highest BCUT2D eigenvalue weighted by Gasteiger charge is 2.44. The van der Waals surface area contributed by atoms with Crippen LogP contribution in [0.1, 0.15) is 30.3 Å². The van der Waals surface area contributed by atoms with Crippen LogP contribution in [0, 0.1) is 11.8 Å². The van der Waals surface area contributed by atoms with Crippen molar-refractivity contribution in [2.75, 3.05) is 25.0 Å². The SMILES string of the molecule is CC(=O)c1ccn(C(=O)N2C[C@H]3CC(N(C)c4cccc(Cl)c4)C[C@H]3C2)n1. The number of ketones is 1. The Balaban J connectivity index is 1.39. The van der Waals surface area contributed by atoms with E-state index in [9.17, 15) is 9.59 Å². The van der Waals surface area contributed by atoms with Crippen LogP contribution in [0.25, 0.3) is 0 Å². The maximum Gasteiger partial charge on any atom is 0.344 e. The van der Waals surface area contributed by atoms with Crippen LogP contribution in [0.3, 0.4) is 0 Å². The molecule has 3 atom stereocenters. The van der Waals surface area contributed by atoms with Crippen molar-refractivity contribution >= 4 is 29.1 Å². The van der Waals surface area contributed by atoms with E-state index in [2.05, 4.69) is 23.1 Å². The number of aromatic nitrogens is 2. The number of rotatable bonds is 3. The van der Waals surface area contributed by atoms with Crippen molar-refractivity contribution in [3.63, 3.8) is 0 Å². The lowest BCUT2D eigenvalue weighted by atomic mass is 10.0. The third kappa shape index (κ3) is 3.46. The summed E-state index contributed by atoms with van der Waals surface area (Å²) >= 11 is 6.12. The van der Waals surface area contributed by atoms with E-state index >= 15 is 0 Å². The Morgan fingerprint density at radius 2 is 1.89 bits per heavy atom. The molecule has 142 valence electrons. The minimum atomic E-state index is -0.142. The van der Waals surface area contributed by atoms with Crippen molar-refractivity contribution in [3.05, 3.63) is 47.2 Å². The zero-order valence-corrected chi connectivity index (χ0v) is 16.3. The number of carbonyl (C=O) groups excluding carboxylic acids is 2. The quantitative estimate of drug-likeness (QED) is 0.757. The third-order valence-electron chi connectivity index (χ3n) is 5.91. The largest absolute Gasteiger partial charge is 0.372 e. The van der Waals surface area contributed by atoms with Gasteiger partial charge >= 0.3 is 6.03 Å². The van der Waals surface area contributed by atoms with Gasteiger partial charge in [0.2, 0.25) is 0 Å². The van der Waals surface area contributed by atoms with E-state index in [1.54, 1.807) is 12.3 Å². The molecule has 1 aromatic carbocycles. The zero-order valence-electron chi connectivity index (χ0n) is 15.5. The lowest BCUT2D eigenvalue weighted by Crippen LogP contribution is -2.36. The molecule has 0 spiro atoms. The molecule has 0 N–H and O–H groups in total. The van der Waals surface area contributed by atoms with E-state index in [0.717, 1.165) is 36.6 Å². The number of halogens is 1. The number of amides is 1. The Bertz CT molecular complexity index is 866. The van der Waals surface area contributed by atoms with E-state index in [1.165, 1.54) is 11.6 Å². The molecule has 1 saturated carbocycles. The zero-order chi connectivity index (χ0) is 19.1. The Kier molecular flexibility index (Phi) is 4.68. The lowest BCUT2D eigenvalue weighted by molar-refractivity contribution is 0.101. The van der Waals surface area contributed by atoms with Crippen LogP contribution < -0.4 is 4.90 Å². The highest BCUT2D eigenvalue weighted by Crippen LogP contribution is 2.41. The molecule has 1 aliphatic carbocycles. The average Bonchev–Trinajstić information content (AvgIpc) is 3.34. The fourth-order valence-electron chi connectivity index (χ4n) is 4.41. The molecule has 2 aromatic rings. The molecule has 1 saturated heterocycles. The maximum absolute atomic E-state index is 12.7. The van der Waals surface area contributed by atoms with Gasteiger partial charge in [-0.15, -0.1) is 0 Å². The Labute approximate surface area is 163 Å². The van der Waals surface area contributed by atoms with Gasteiger partial charge in [-0.2, -0.15) is 9.78 Å². The summed E-state index contributed by atoms with van der Waals surface area (Å²) in [5.74, 6) is 0.874. The monoisotopic (exact) mass is 386 g/mol. The molecule has 6 nitrogen and oxygen atoms in total. The van der Waals surface area contributed by atoms with E-state index in [-0.39, 0.29) is 11.8 Å². The van der Waals surface area contributed by atoms with Gasteiger partial charge in [0.05, 0.1) is 0 Å². The second-order valence-corrected chi connectivity index (χ2v) is 8.06. The van der Waals surface area contributed by atoms with Crippen LogP contribution >= 0.6 is 11.6 Å². The normalized spacial score (nSPS) is 24.1. The molecule has 4 rings (SSSR count). The number of fused-ring (bicyclic) bond motifs is 1. The van der Waals surface area contributed by atoms with Crippen LogP contribution in [0.4, 0.5) is 10.5 Å². The molecule has 7 heteroatoms. The fourth-order valence-corrected chi connectivity index (χ4v) is 4.59. The topological polar surface area (TPSA) is 58.4 Å². The first-order valence-corrected chi connectivity index (χ1v) is 9.64. The first kappa shape index (κ1) is 18.0. The maximum atomic E-state index is 12.7. The fraction of sp³-hybridized carbons (Fsp3) is 0.450. The van der Waals surface area contributed by atoms with Crippen LogP contribution in [-0.4, -0.2) is 52.7 Å². The second kappa shape index (κ2) is 7.00. The average molecular weight is 387 g/mol. The van der Waals surface area contributed by atoms with Crippen LogP contribution in [0.2, 0.25) is 5.02 Å². The molecule has 2 fully saturated rings. The number of anilines is 1. The third-order valence-corrected chi connectivity index (χ3v) is 6.14. The molecule has 0 bridgehead atoms. The Hall–Kier alpha value is -2.34. The number of carbonyl (C=O) groups is 2. The molecule has 2 heterocycles. The number of hydrogen-bond donors (Lipinski definition) is 0. The van der Waals surface area contributed by atoms with Crippen molar-refractivity contribution in [1.29, 1.82) is 0 Å². The van der Waals surface area contributed by atoms with Crippen molar-refractivity contribution in [2.45, 2.75) is 25.8 Å². The van der Waals surface area contributed by atoms with E-state index in [0.29, 0.717) is 23.6 Å². The summed E-state index contributed by atoms with van der Waals surface area (Å²) in [7, 11) is 2.12. The second-order valence-electron chi connectivity index (χ2n) is 7.63. The van der Waals surface area contributed by atoms with Gasteiger partial charge in [0.25, 0.3) is 0 Å². The molecule has 1 aliphatic heterocycles. The molecule has 0 radical (unpaired) electrons. The van der Waals surface area contributed by atoms with Crippen molar-refractivity contribution in [3.8, 4) is 0 Å².